The number of hydrogen-bond acceptors (Lipinski definition) is 3. The van der Waals surface area contributed by atoms with Crippen molar-refractivity contribution in [3.8, 4) is 0 Å². The largest absolute Gasteiger partial charge is 0.410 e. The number of amides is 1. The van der Waals surface area contributed by atoms with E-state index in [0.29, 0.717) is 23.7 Å². The van der Waals surface area contributed by atoms with Gasteiger partial charge in [0.1, 0.15) is 5.82 Å². The third kappa shape index (κ3) is 4.25. The summed E-state index contributed by atoms with van der Waals surface area (Å²) in [6.45, 7) is 1.20. The molecule has 0 spiro atoms. The highest BCUT2D eigenvalue weighted by atomic mass is 35.5. The Morgan fingerprint density at radius 2 is 1.77 bits per heavy atom. The number of anilines is 1. The van der Waals surface area contributed by atoms with Crippen molar-refractivity contribution in [3.63, 3.8) is 0 Å². The molecule has 0 bridgehead atoms. The molecule has 0 aliphatic carbocycles. The third-order valence-corrected chi connectivity index (χ3v) is 6.39. The van der Waals surface area contributed by atoms with E-state index < -0.39 is 18.3 Å². The van der Waals surface area contributed by atoms with Crippen LogP contribution < -0.4 is 5.32 Å². The number of alkyl halides is 3. The van der Waals surface area contributed by atoms with Gasteiger partial charge < -0.3 is 10.2 Å². The number of carbonyl (C=O) groups is 1. The lowest BCUT2D eigenvalue weighted by Crippen LogP contribution is -2.36. The third-order valence-electron chi connectivity index (χ3n) is 5.65. The Labute approximate surface area is 182 Å². The molecule has 1 fully saturated rings. The first-order valence-corrected chi connectivity index (χ1v) is 10.7. The van der Waals surface area contributed by atoms with Crippen molar-refractivity contribution in [2.45, 2.75) is 50.4 Å². The molecular formula is C20H21Cl2F3N4O. The fourth-order valence-electron chi connectivity index (χ4n) is 4.06. The molecule has 0 radical (unpaired) electrons. The maximum Gasteiger partial charge on any atom is 0.410 e. The minimum Gasteiger partial charge on any atom is -0.363 e. The minimum absolute atomic E-state index is 0.0310. The fourth-order valence-corrected chi connectivity index (χ4v) is 4.37. The molecule has 3 heterocycles. The van der Waals surface area contributed by atoms with E-state index in [9.17, 15) is 18.0 Å². The predicted octanol–water partition coefficient (Wildman–Crippen LogP) is 5.87. The molecular weight excluding hydrogens is 440 g/mol. The van der Waals surface area contributed by atoms with Gasteiger partial charge in [0.25, 0.3) is 5.91 Å². The molecule has 4 rings (SSSR count). The standard InChI is InChI=1S/C20H21Cl2F3N4O/c21-13-6-5-12(9-14(13)22)15-10-17(20(23,24)25)29-18(26-15)11-16(27-29)19(30)28-7-3-1-2-4-8-28/h5-6,9,11,15,17,26H,1-4,7-8,10H2/t15-,17-/m0/s1. The van der Waals surface area contributed by atoms with Gasteiger partial charge in [-0.05, 0) is 30.5 Å². The second-order valence-corrected chi connectivity index (χ2v) is 8.54. The van der Waals surface area contributed by atoms with Crippen LogP contribution in [0.1, 0.15) is 60.2 Å². The van der Waals surface area contributed by atoms with Crippen LogP contribution in [0.4, 0.5) is 19.0 Å². The summed E-state index contributed by atoms with van der Waals surface area (Å²) < 4.78 is 42.4. The Morgan fingerprint density at radius 3 is 2.40 bits per heavy atom. The maximum absolute atomic E-state index is 13.8. The number of nitrogens with zero attached hydrogens (tertiary/aromatic N) is 3. The molecule has 5 nitrogen and oxygen atoms in total. The first-order chi connectivity index (χ1) is 14.2. The smallest absolute Gasteiger partial charge is 0.363 e. The Bertz CT molecular complexity index is 939. The van der Waals surface area contributed by atoms with E-state index in [2.05, 4.69) is 10.4 Å². The van der Waals surface area contributed by atoms with Crippen molar-refractivity contribution < 1.29 is 18.0 Å². The first kappa shape index (κ1) is 21.3. The molecule has 0 saturated carbocycles. The lowest BCUT2D eigenvalue weighted by Gasteiger charge is -2.33. The molecule has 1 amide bonds. The number of carbonyl (C=O) groups excluding carboxylic acids is 1. The number of likely N-dealkylation sites (tertiary alicyclic amines) is 1. The number of nitrogens with one attached hydrogen (secondary N) is 1. The fraction of sp³-hybridized carbons (Fsp3) is 0.500. The molecule has 0 unspecified atom stereocenters. The summed E-state index contributed by atoms with van der Waals surface area (Å²) in [4.78, 5) is 14.6. The van der Waals surface area contributed by atoms with Gasteiger partial charge in [-0.3, -0.25) is 4.79 Å². The zero-order valence-corrected chi connectivity index (χ0v) is 17.6. The number of hydrogen-bond donors (Lipinski definition) is 1. The van der Waals surface area contributed by atoms with Crippen molar-refractivity contribution >= 4 is 34.9 Å². The summed E-state index contributed by atoms with van der Waals surface area (Å²) >= 11 is 12.0. The van der Waals surface area contributed by atoms with Crippen LogP contribution in [0.25, 0.3) is 0 Å². The van der Waals surface area contributed by atoms with E-state index in [1.807, 2.05) is 0 Å². The van der Waals surface area contributed by atoms with Crippen LogP contribution in [0.3, 0.4) is 0 Å². The quantitative estimate of drug-likeness (QED) is 0.609. The number of fused-ring (bicyclic) bond motifs is 1. The first-order valence-electron chi connectivity index (χ1n) is 9.91. The second kappa shape index (κ2) is 8.30. The average molecular weight is 461 g/mol. The van der Waals surface area contributed by atoms with Crippen LogP contribution in [0.5, 0.6) is 0 Å². The van der Waals surface area contributed by atoms with Gasteiger partial charge in [-0.1, -0.05) is 42.1 Å². The highest BCUT2D eigenvalue weighted by molar-refractivity contribution is 6.42. The topological polar surface area (TPSA) is 50.2 Å². The van der Waals surface area contributed by atoms with Crippen molar-refractivity contribution in [1.29, 1.82) is 0 Å². The van der Waals surface area contributed by atoms with E-state index in [4.69, 9.17) is 23.2 Å². The molecule has 1 saturated heterocycles. The van der Waals surface area contributed by atoms with E-state index in [-0.39, 0.29) is 28.9 Å². The van der Waals surface area contributed by atoms with Gasteiger partial charge in [0.2, 0.25) is 0 Å². The molecule has 2 atom stereocenters. The summed E-state index contributed by atoms with van der Waals surface area (Å²) in [5.41, 5.74) is 0.620. The monoisotopic (exact) mass is 460 g/mol. The minimum atomic E-state index is -4.51. The molecule has 2 aromatic rings. The number of rotatable bonds is 2. The van der Waals surface area contributed by atoms with E-state index >= 15 is 0 Å². The van der Waals surface area contributed by atoms with Gasteiger partial charge in [0.15, 0.2) is 11.7 Å². The van der Waals surface area contributed by atoms with Gasteiger partial charge in [0, 0.05) is 25.6 Å². The predicted molar refractivity (Wildman–Crippen MR) is 109 cm³/mol. The van der Waals surface area contributed by atoms with E-state index in [0.717, 1.165) is 30.4 Å². The van der Waals surface area contributed by atoms with Gasteiger partial charge >= 0.3 is 6.18 Å². The Kier molecular flexibility index (Phi) is 5.90. The Morgan fingerprint density at radius 1 is 1.07 bits per heavy atom. The zero-order chi connectivity index (χ0) is 21.5. The van der Waals surface area contributed by atoms with Crippen molar-refractivity contribution in [1.82, 2.24) is 14.7 Å². The molecule has 2 aliphatic rings. The van der Waals surface area contributed by atoms with Crippen LogP contribution >= 0.6 is 23.2 Å². The molecule has 1 aromatic heterocycles. The van der Waals surface area contributed by atoms with Crippen LogP contribution in [0.2, 0.25) is 10.0 Å². The highest BCUT2D eigenvalue weighted by Gasteiger charge is 2.47. The van der Waals surface area contributed by atoms with Crippen LogP contribution in [0.15, 0.2) is 24.3 Å². The molecule has 162 valence electrons. The van der Waals surface area contributed by atoms with Gasteiger partial charge in [-0.25, -0.2) is 4.68 Å². The van der Waals surface area contributed by atoms with E-state index in [1.165, 1.54) is 6.07 Å². The SMILES string of the molecule is O=C(c1cc2n(n1)[C@H](C(F)(F)F)C[C@@H](c1ccc(Cl)c(Cl)c1)N2)N1CCCCCC1. The van der Waals surface area contributed by atoms with Crippen molar-refractivity contribution in [2.24, 2.45) is 0 Å². The van der Waals surface area contributed by atoms with E-state index in [1.54, 1.807) is 23.1 Å². The van der Waals surface area contributed by atoms with Crippen LogP contribution in [0, 0.1) is 0 Å². The summed E-state index contributed by atoms with van der Waals surface area (Å²) in [5, 5.41) is 7.75. The summed E-state index contributed by atoms with van der Waals surface area (Å²) in [6, 6.07) is 3.69. The number of aromatic nitrogens is 2. The summed E-state index contributed by atoms with van der Waals surface area (Å²) in [7, 11) is 0. The normalized spacial score (nSPS) is 22.2. The highest BCUT2D eigenvalue weighted by Crippen LogP contribution is 2.44. The zero-order valence-electron chi connectivity index (χ0n) is 16.1. The lowest BCUT2D eigenvalue weighted by molar-refractivity contribution is -0.173. The summed E-state index contributed by atoms with van der Waals surface area (Å²) in [6.07, 6.45) is -0.906. The molecule has 1 aromatic carbocycles. The molecule has 10 heteroatoms. The van der Waals surface area contributed by atoms with Gasteiger partial charge in [-0.2, -0.15) is 18.3 Å². The molecule has 30 heavy (non-hydrogen) atoms. The van der Waals surface area contributed by atoms with Crippen LogP contribution in [-0.4, -0.2) is 39.9 Å². The lowest BCUT2D eigenvalue weighted by atomic mass is 9.97. The van der Waals surface area contributed by atoms with Gasteiger partial charge in [-0.15, -0.1) is 0 Å². The molecule has 2 aliphatic heterocycles. The average Bonchev–Trinajstić information content (AvgIpc) is 2.93. The van der Waals surface area contributed by atoms with Crippen molar-refractivity contribution in [3.05, 3.63) is 45.6 Å². The number of benzene rings is 1. The number of halogens is 5. The second-order valence-electron chi connectivity index (χ2n) is 7.73. The maximum atomic E-state index is 13.8. The summed E-state index contributed by atoms with van der Waals surface area (Å²) in [5.74, 6) is -0.162. The van der Waals surface area contributed by atoms with Gasteiger partial charge in [0.05, 0.1) is 16.1 Å². The van der Waals surface area contributed by atoms with Crippen molar-refractivity contribution in [2.75, 3.05) is 18.4 Å². The Balaban J connectivity index is 1.66. The molecule has 1 N–H and O–H groups in total. The van der Waals surface area contributed by atoms with Crippen LogP contribution in [-0.2, 0) is 0 Å². The Hall–Kier alpha value is -1.93.